The minimum atomic E-state index is -0.927. The second-order valence-corrected chi connectivity index (χ2v) is 4.61. The van der Waals surface area contributed by atoms with Crippen LogP contribution >= 0.6 is 0 Å². The van der Waals surface area contributed by atoms with Crippen molar-refractivity contribution >= 4 is 11.9 Å². The van der Waals surface area contributed by atoms with Crippen molar-refractivity contribution < 1.29 is 19.1 Å². The van der Waals surface area contributed by atoms with E-state index in [0.29, 0.717) is 12.2 Å². The number of hydrogen-bond acceptors (Lipinski definition) is 4. The second kappa shape index (κ2) is 8.95. The normalized spacial score (nSPS) is 11.5. The maximum atomic E-state index is 11.8. The molecule has 1 unspecified atom stereocenters. The van der Waals surface area contributed by atoms with Gasteiger partial charge in [0.05, 0.1) is 12.2 Å². The van der Waals surface area contributed by atoms with Crippen LogP contribution in [-0.2, 0) is 14.3 Å². The molecule has 0 N–H and O–H groups in total. The number of carbonyl (C=O) groups excluding carboxylic acids is 2. The summed E-state index contributed by atoms with van der Waals surface area (Å²) >= 11 is 0. The van der Waals surface area contributed by atoms with Crippen LogP contribution in [0.2, 0.25) is 0 Å². The van der Waals surface area contributed by atoms with E-state index in [-0.39, 0.29) is 12.0 Å². The lowest BCUT2D eigenvalue weighted by Crippen LogP contribution is -2.19. The van der Waals surface area contributed by atoms with E-state index in [2.05, 4.69) is 6.58 Å². The summed E-state index contributed by atoms with van der Waals surface area (Å²) in [5.41, 5.74) is 0.601. The van der Waals surface area contributed by atoms with Gasteiger partial charge in [0.15, 0.2) is 0 Å². The Bertz CT molecular complexity index is 479. The van der Waals surface area contributed by atoms with Crippen LogP contribution in [0.25, 0.3) is 0 Å². The van der Waals surface area contributed by atoms with Gasteiger partial charge in [-0.3, -0.25) is 0 Å². The lowest BCUT2D eigenvalue weighted by molar-refractivity contribution is -0.139. The molecular formula is C17H20O4. The maximum Gasteiger partial charge on any atom is 0.338 e. The zero-order valence-electron chi connectivity index (χ0n) is 12.2. The van der Waals surface area contributed by atoms with Gasteiger partial charge in [0.25, 0.3) is 0 Å². The highest BCUT2D eigenvalue weighted by molar-refractivity contribution is 5.90. The first-order chi connectivity index (χ1) is 10.0. The first kappa shape index (κ1) is 17.0. The van der Waals surface area contributed by atoms with Crippen LogP contribution in [0.3, 0.4) is 0 Å². The number of rotatable bonds is 8. The Morgan fingerprint density at radius 3 is 2.57 bits per heavy atom. The quantitative estimate of drug-likeness (QED) is 0.419. The average Bonchev–Trinajstić information content (AvgIpc) is 2.48. The zero-order chi connectivity index (χ0) is 15.7. The van der Waals surface area contributed by atoms with Gasteiger partial charge in [-0.1, -0.05) is 38.1 Å². The number of carbonyl (C=O) groups is 2. The molecular weight excluding hydrogens is 268 g/mol. The van der Waals surface area contributed by atoms with Crippen molar-refractivity contribution in [3.63, 3.8) is 0 Å². The number of esters is 2. The van der Waals surface area contributed by atoms with Crippen LogP contribution in [0.15, 0.2) is 42.5 Å². The van der Waals surface area contributed by atoms with Crippen LogP contribution in [-0.4, -0.2) is 24.6 Å². The molecule has 0 saturated heterocycles. The summed E-state index contributed by atoms with van der Waals surface area (Å²) in [6.45, 7) is 11.7. The predicted octanol–water partition coefficient (Wildman–Crippen LogP) is 3.21. The molecule has 2 radical (unpaired) electrons. The number of ether oxygens (including phenoxy) is 2. The Labute approximate surface area is 125 Å². The van der Waals surface area contributed by atoms with Crippen LogP contribution in [0.5, 0.6) is 0 Å². The highest BCUT2D eigenvalue weighted by Crippen LogP contribution is 2.11. The minimum Gasteiger partial charge on any atom is -0.462 e. The van der Waals surface area contributed by atoms with E-state index < -0.39 is 18.0 Å². The van der Waals surface area contributed by atoms with E-state index in [0.717, 1.165) is 12.8 Å². The summed E-state index contributed by atoms with van der Waals surface area (Å²) in [7, 11) is 0. The van der Waals surface area contributed by atoms with E-state index >= 15 is 0 Å². The molecule has 0 saturated carbocycles. The fourth-order valence-corrected chi connectivity index (χ4v) is 1.56. The van der Waals surface area contributed by atoms with Gasteiger partial charge in [0.1, 0.15) is 6.10 Å². The third-order valence-electron chi connectivity index (χ3n) is 2.74. The molecule has 0 aliphatic rings. The number of benzene rings is 1. The van der Waals surface area contributed by atoms with Gasteiger partial charge in [-0.2, -0.15) is 0 Å². The molecule has 0 aliphatic heterocycles. The topological polar surface area (TPSA) is 52.6 Å². The van der Waals surface area contributed by atoms with Gasteiger partial charge >= 0.3 is 11.9 Å². The van der Waals surface area contributed by atoms with E-state index in [1.54, 1.807) is 30.3 Å². The molecule has 4 nitrogen and oxygen atoms in total. The summed E-state index contributed by atoms with van der Waals surface area (Å²) in [4.78, 5) is 23.4. The molecule has 1 aromatic rings. The Hall–Kier alpha value is -2.10. The van der Waals surface area contributed by atoms with Gasteiger partial charge in [-0.15, -0.1) is 0 Å². The minimum absolute atomic E-state index is 0.0452. The number of hydrogen-bond donors (Lipinski definition) is 0. The maximum absolute atomic E-state index is 11.8. The highest BCUT2D eigenvalue weighted by atomic mass is 16.5. The molecule has 0 amide bonds. The van der Waals surface area contributed by atoms with Crippen LogP contribution in [0.1, 0.15) is 36.5 Å². The molecule has 0 fully saturated rings. The smallest absolute Gasteiger partial charge is 0.338 e. The summed E-state index contributed by atoms with van der Waals surface area (Å²) in [5, 5.41) is 0. The van der Waals surface area contributed by atoms with E-state index in [4.69, 9.17) is 16.4 Å². The highest BCUT2D eigenvalue weighted by Gasteiger charge is 2.17. The zero-order valence-corrected chi connectivity index (χ0v) is 12.2. The molecule has 1 atom stereocenters. The SMILES string of the molecule is [CH]C(CC(=C)C(=O)OCCCC)OC(=O)c1ccccc1. The predicted molar refractivity (Wildman–Crippen MR) is 79.6 cm³/mol. The lowest BCUT2D eigenvalue weighted by atomic mass is 10.1. The standard InChI is InChI=1S/C17H20O4/c1-4-5-11-20-16(18)13(2)12-14(3)21-17(19)15-9-7-6-8-10-15/h3,6-10,14H,2,4-5,11-12H2,1H3. The van der Waals surface area contributed by atoms with Crippen molar-refractivity contribution in [3.05, 3.63) is 55.0 Å². The molecule has 0 aromatic heterocycles. The Morgan fingerprint density at radius 2 is 1.95 bits per heavy atom. The third kappa shape index (κ3) is 6.25. The van der Waals surface area contributed by atoms with Gasteiger partial charge < -0.3 is 9.47 Å². The van der Waals surface area contributed by atoms with Crippen LogP contribution < -0.4 is 0 Å². The molecule has 4 heteroatoms. The first-order valence-electron chi connectivity index (χ1n) is 6.91. The van der Waals surface area contributed by atoms with Gasteiger partial charge in [-0.25, -0.2) is 9.59 Å². The summed E-state index contributed by atoms with van der Waals surface area (Å²) in [6.07, 6.45) is 0.856. The molecule has 0 heterocycles. The Balaban J connectivity index is 2.39. The monoisotopic (exact) mass is 288 g/mol. The van der Waals surface area contributed by atoms with Crippen molar-refractivity contribution in [3.8, 4) is 0 Å². The van der Waals surface area contributed by atoms with Gasteiger partial charge in [-0.05, 0) is 18.6 Å². The van der Waals surface area contributed by atoms with E-state index in [1.807, 2.05) is 6.92 Å². The Morgan fingerprint density at radius 1 is 1.29 bits per heavy atom. The summed E-state index contributed by atoms with van der Waals surface area (Å²) in [5.74, 6) is -1.04. The van der Waals surface area contributed by atoms with Crippen molar-refractivity contribution in [2.45, 2.75) is 32.3 Å². The third-order valence-corrected chi connectivity index (χ3v) is 2.74. The van der Waals surface area contributed by atoms with Gasteiger partial charge in [0.2, 0.25) is 0 Å². The van der Waals surface area contributed by atoms with Crippen molar-refractivity contribution in [2.24, 2.45) is 0 Å². The second-order valence-electron chi connectivity index (χ2n) is 4.61. The van der Waals surface area contributed by atoms with Crippen molar-refractivity contribution in [1.82, 2.24) is 0 Å². The van der Waals surface area contributed by atoms with Crippen molar-refractivity contribution in [2.75, 3.05) is 6.61 Å². The van der Waals surface area contributed by atoms with Gasteiger partial charge in [0, 0.05) is 18.9 Å². The summed E-state index contributed by atoms with van der Waals surface area (Å²) < 4.78 is 10.1. The fourth-order valence-electron chi connectivity index (χ4n) is 1.56. The fraction of sp³-hybridized carbons (Fsp3) is 0.353. The van der Waals surface area contributed by atoms with Crippen LogP contribution in [0, 0.1) is 6.92 Å². The average molecular weight is 288 g/mol. The molecule has 112 valence electrons. The lowest BCUT2D eigenvalue weighted by Gasteiger charge is -2.14. The largest absolute Gasteiger partial charge is 0.462 e. The Kier molecular flexibility index (Phi) is 7.23. The molecule has 0 bridgehead atoms. The van der Waals surface area contributed by atoms with Crippen LogP contribution in [0.4, 0.5) is 0 Å². The first-order valence-corrected chi connectivity index (χ1v) is 6.91. The molecule has 0 aliphatic carbocycles. The number of unbranched alkanes of at least 4 members (excludes halogenated alkanes) is 1. The summed E-state index contributed by atoms with van der Waals surface area (Å²) in [6, 6.07) is 8.51. The van der Waals surface area contributed by atoms with Crippen molar-refractivity contribution in [1.29, 1.82) is 0 Å². The molecule has 0 spiro atoms. The molecule has 1 rings (SSSR count). The molecule has 21 heavy (non-hydrogen) atoms. The van der Waals surface area contributed by atoms with E-state index in [9.17, 15) is 9.59 Å². The molecule has 1 aromatic carbocycles. The van der Waals surface area contributed by atoms with E-state index in [1.165, 1.54) is 0 Å².